The molecule has 0 bridgehead atoms. The Bertz CT molecular complexity index is 1170. The number of ether oxygens (including phenoxy) is 2. The van der Waals surface area contributed by atoms with E-state index in [1.165, 1.54) is 16.3 Å². The third-order valence-corrected chi connectivity index (χ3v) is 6.13. The summed E-state index contributed by atoms with van der Waals surface area (Å²) in [4.78, 5) is 30.1. The van der Waals surface area contributed by atoms with Crippen LogP contribution in [0.25, 0.3) is 5.69 Å². The van der Waals surface area contributed by atoms with Crippen molar-refractivity contribution >= 4 is 17.5 Å². The van der Waals surface area contributed by atoms with Crippen LogP contribution >= 0.6 is 11.8 Å². The predicted octanol–water partition coefficient (Wildman–Crippen LogP) is 3.98. The molecule has 0 saturated heterocycles. The van der Waals surface area contributed by atoms with Crippen molar-refractivity contribution in [1.29, 1.82) is 0 Å². The molecule has 0 saturated carbocycles. The lowest BCUT2D eigenvalue weighted by molar-refractivity contribution is 0.0994. The molecule has 1 atom stereocenters. The number of carbonyl (C=O) groups is 1. The number of fused-ring (bicyclic) bond motifs is 1. The van der Waals surface area contributed by atoms with Crippen LogP contribution in [0.5, 0.6) is 11.5 Å². The monoisotopic (exact) mass is 422 g/mol. The number of Topliss-reactive ketones (excluding diaryl/α,β-unsaturated/α-hetero) is 1. The Balaban J connectivity index is 1.59. The Labute approximate surface area is 178 Å². The predicted molar refractivity (Wildman–Crippen MR) is 116 cm³/mol. The minimum Gasteiger partial charge on any atom is -0.486 e. The second-order valence-corrected chi connectivity index (χ2v) is 8.49. The first-order valence-electron chi connectivity index (χ1n) is 9.70. The molecule has 0 N–H and O–H groups in total. The number of hydrogen-bond acceptors (Lipinski definition) is 6. The van der Waals surface area contributed by atoms with Gasteiger partial charge in [-0.25, -0.2) is 4.98 Å². The van der Waals surface area contributed by atoms with E-state index in [0.717, 1.165) is 11.1 Å². The van der Waals surface area contributed by atoms with Crippen molar-refractivity contribution < 1.29 is 14.3 Å². The number of aromatic nitrogens is 2. The van der Waals surface area contributed by atoms with E-state index in [2.05, 4.69) is 4.98 Å². The summed E-state index contributed by atoms with van der Waals surface area (Å²) in [5, 5.41) is -0.166. The van der Waals surface area contributed by atoms with Crippen molar-refractivity contribution in [3.8, 4) is 17.2 Å². The van der Waals surface area contributed by atoms with Crippen LogP contribution in [0.4, 0.5) is 0 Å². The van der Waals surface area contributed by atoms with Gasteiger partial charge in [0.1, 0.15) is 13.2 Å². The molecule has 30 heavy (non-hydrogen) atoms. The average Bonchev–Trinajstić information content (AvgIpc) is 2.76. The second kappa shape index (κ2) is 8.36. The normalized spacial score (nSPS) is 13.7. The van der Waals surface area contributed by atoms with Gasteiger partial charge in [0.15, 0.2) is 22.3 Å². The van der Waals surface area contributed by atoms with Gasteiger partial charge in [-0.05, 0) is 50.1 Å². The van der Waals surface area contributed by atoms with Crippen molar-refractivity contribution in [3.63, 3.8) is 0 Å². The van der Waals surface area contributed by atoms with E-state index in [4.69, 9.17) is 9.47 Å². The van der Waals surface area contributed by atoms with Crippen molar-refractivity contribution in [1.82, 2.24) is 9.55 Å². The average molecular weight is 423 g/mol. The van der Waals surface area contributed by atoms with Gasteiger partial charge in [-0.1, -0.05) is 23.9 Å². The first kappa shape index (κ1) is 20.2. The molecule has 2 heterocycles. The van der Waals surface area contributed by atoms with Crippen LogP contribution in [0, 0.1) is 13.8 Å². The van der Waals surface area contributed by atoms with E-state index in [9.17, 15) is 9.59 Å². The molecule has 1 aromatic heterocycles. The molecule has 0 unspecified atom stereocenters. The third-order valence-electron chi connectivity index (χ3n) is 5.06. The summed E-state index contributed by atoms with van der Waals surface area (Å²) in [6, 6.07) is 11.0. The summed E-state index contributed by atoms with van der Waals surface area (Å²) in [6.07, 6.45) is 3.17. The molecule has 154 valence electrons. The number of rotatable bonds is 5. The highest BCUT2D eigenvalue weighted by molar-refractivity contribution is 8.00. The number of aryl methyl sites for hydroxylation is 2. The smallest absolute Gasteiger partial charge is 0.287 e. The topological polar surface area (TPSA) is 70.4 Å². The summed E-state index contributed by atoms with van der Waals surface area (Å²) in [5.74, 6) is 1.24. The zero-order valence-electron chi connectivity index (χ0n) is 17.0. The van der Waals surface area contributed by atoms with Crippen LogP contribution in [0.2, 0.25) is 0 Å². The SMILES string of the molecule is Cc1ccc(C(=O)[C@H](C)Sc2nccn(-c3ccc4c(c3)OCCO4)c2=O)cc1C. The Morgan fingerprint density at radius 2 is 1.83 bits per heavy atom. The fourth-order valence-corrected chi connectivity index (χ4v) is 4.11. The molecule has 1 aliphatic heterocycles. The number of benzene rings is 2. The van der Waals surface area contributed by atoms with Gasteiger partial charge in [0.2, 0.25) is 0 Å². The zero-order chi connectivity index (χ0) is 21.3. The molecule has 6 nitrogen and oxygen atoms in total. The maximum atomic E-state index is 13.0. The molecule has 0 radical (unpaired) electrons. The highest BCUT2D eigenvalue weighted by Gasteiger charge is 2.20. The van der Waals surface area contributed by atoms with Gasteiger partial charge in [0.05, 0.1) is 10.9 Å². The lowest BCUT2D eigenvalue weighted by Gasteiger charge is -2.19. The van der Waals surface area contributed by atoms with E-state index in [0.29, 0.717) is 36.0 Å². The summed E-state index contributed by atoms with van der Waals surface area (Å²) >= 11 is 1.17. The number of carbonyl (C=O) groups excluding carboxylic acids is 1. The lowest BCUT2D eigenvalue weighted by atomic mass is 10.0. The van der Waals surface area contributed by atoms with Crippen LogP contribution in [0.15, 0.2) is 58.6 Å². The van der Waals surface area contributed by atoms with E-state index in [1.807, 2.05) is 32.0 Å². The Morgan fingerprint density at radius 1 is 1.07 bits per heavy atom. The van der Waals surface area contributed by atoms with E-state index < -0.39 is 5.25 Å². The first-order valence-corrected chi connectivity index (χ1v) is 10.6. The summed E-state index contributed by atoms with van der Waals surface area (Å²) in [7, 11) is 0. The molecule has 7 heteroatoms. The van der Waals surface area contributed by atoms with Crippen LogP contribution < -0.4 is 15.0 Å². The standard InChI is InChI=1S/C23H22N2O4S/c1-14-4-5-17(12-15(14)2)21(26)16(3)30-22-23(27)25(9-8-24-22)18-6-7-19-20(13-18)29-11-10-28-19/h4-9,12-13,16H,10-11H2,1-3H3/t16-/m0/s1. The van der Waals surface area contributed by atoms with Crippen LogP contribution in [-0.2, 0) is 0 Å². The van der Waals surface area contributed by atoms with E-state index in [1.54, 1.807) is 37.5 Å². The van der Waals surface area contributed by atoms with Crippen LogP contribution in [0.1, 0.15) is 28.4 Å². The molecule has 2 aromatic carbocycles. The quantitative estimate of drug-likeness (QED) is 0.458. The summed E-state index contributed by atoms with van der Waals surface area (Å²) in [6.45, 7) is 6.77. The second-order valence-electron chi connectivity index (χ2n) is 7.16. The highest BCUT2D eigenvalue weighted by Crippen LogP contribution is 2.32. The molecule has 1 aliphatic rings. The molecule has 0 spiro atoms. The zero-order valence-corrected chi connectivity index (χ0v) is 17.9. The van der Waals surface area contributed by atoms with Gasteiger partial charge in [0, 0.05) is 24.0 Å². The fraction of sp³-hybridized carbons (Fsp3) is 0.261. The van der Waals surface area contributed by atoms with Gasteiger partial charge < -0.3 is 9.47 Å². The van der Waals surface area contributed by atoms with Gasteiger partial charge in [-0.3, -0.25) is 14.2 Å². The van der Waals surface area contributed by atoms with Gasteiger partial charge in [-0.2, -0.15) is 0 Å². The third kappa shape index (κ3) is 3.98. The van der Waals surface area contributed by atoms with Gasteiger partial charge in [-0.15, -0.1) is 0 Å². The number of nitrogens with zero attached hydrogens (tertiary/aromatic N) is 2. The minimum atomic E-state index is -0.441. The maximum Gasteiger partial charge on any atom is 0.287 e. The summed E-state index contributed by atoms with van der Waals surface area (Å²) < 4.78 is 12.7. The molecule has 0 fully saturated rings. The van der Waals surface area contributed by atoms with E-state index >= 15 is 0 Å². The Morgan fingerprint density at radius 3 is 2.60 bits per heavy atom. The van der Waals surface area contributed by atoms with E-state index in [-0.39, 0.29) is 16.4 Å². The molecule has 3 aromatic rings. The van der Waals surface area contributed by atoms with Crippen LogP contribution in [-0.4, -0.2) is 33.8 Å². The first-order chi connectivity index (χ1) is 14.4. The Hall–Kier alpha value is -3.06. The van der Waals surface area contributed by atoms with Gasteiger partial charge >= 0.3 is 0 Å². The highest BCUT2D eigenvalue weighted by atomic mass is 32.2. The minimum absolute atomic E-state index is 0.0287. The summed E-state index contributed by atoms with van der Waals surface area (Å²) in [5.41, 5.74) is 3.22. The van der Waals surface area contributed by atoms with Crippen LogP contribution in [0.3, 0.4) is 0 Å². The van der Waals surface area contributed by atoms with Crippen molar-refractivity contribution in [2.24, 2.45) is 0 Å². The Kier molecular flexibility index (Phi) is 5.63. The molecule has 4 rings (SSSR count). The fourth-order valence-electron chi connectivity index (χ4n) is 3.21. The molecular formula is C23H22N2O4S. The number of thioether (sulfide) groups is 1. The molecule has 0 amide bonds. The van der Waals surface area contributed by atoms with Crippen molar-refractivity contribution in [2.75, 3.05) is 13.2 Å². The maximum absolute atomic E-state index is 13.0. The van der Waals surface area contributed by atoms with Gasteiger partial charge in [0.25, 0.3) is 5.56 Å². The largest absolute Gasteiger partial charge is 0.486 e. The lowest BCUT2D eigenvalue weighted by Crippen LogP contribution is -2.23. The number of hydrogen-bond donors (Lipinski definition) is 0. The molecule has 0 aliphatic carbocycles. The number of ketones is 1. The molecular weight excluding hydrogens is 400 g/mol. The van der Waals surface area contributed by atoms with Crippen molar-refractivity contribution in [2.45, 2.75) is 31.0 Å². The van der Waals surface area contributed by atoms with Crippen molar-refractivity contribution in [3.05, 3.63) is 75.8 Å².